The molecule has 0 amide bonds. The molecule has 0 bridgehead atoms. The Bertz CT molecular complexity index is 107. The lowest BCUT2D eigenvalue weighted by molar-refractivity contribution is 0.168. The first-order valence-electron chi connectivity index (χ1n) is 3.55. The van der Waals surface area contributed by atoms with Gasteiger partial charge in [-0.3, -0.25) is 0 Å². The summed E-state index contributed by atoms with van der Waals surface area (Å²) in [5.41, 5.74) is 0.409. The van der Waals surface area contributed by atoms with Crippen LogP contribution in [0.3, 0.4) is 0 Å². The zero-order chi connectivity index (χ0) is 7.07. The molecular weight excluding hydrogens is 112 g/mol. The molecule has 0 spiro atoms. The van der Waals surface area contributed by atoms with E-state index in [-0.39, 0.29) is 6.10 Å². The molecule has 0 saturated heterocycles. The van der Waals surface area contributed by atoms with Crippen molar-refractivity contribution in [3.8, 4) is 0 Å². The second-order valence-corrected chi connectivity index (χ2v) is 3.62. The van der Waals surface area contributed by atoms with E-state index in [1.807, 2.05) is 13.3 Å². The summed E-state index contributed by atoms with van der Waals surface area (Å²) in [7, 11) is 0. The van der Waals surface area contributed by atoms with E-state index in [0.717, 1.165) is 0 Å². The van der Waals surface area contributed by atoms with E-state index in [1.54, 1.807) is 0 Å². The largest absolute Gasteiger partial charge is 0.393 e. The van der Waals surface area contributed by atoms with Gasteiger partial charge >= 0.3 is 0 Å². The van der Waals surface area contributed by atoms with E-state index in [2.05, 4.69) is 13.8 Å². The normalized spacial score (nSPS) is 34.0. The van der Waals surface area contributed by atoms with Crippen molar-refractivity contribution in [2.24, 2.45) is 11.3 Å². The van der Waals surface area contributed by atoms with Gasteiger partial charge in [0.1, 0.15) is 0 Å². The van der Waals surface area contributed by atoms with E-state index >= 15 is 0 Å². The number of rotatable bonds is 2. The van der Waals surface area contributed by atoms with Gasteiger partial charge in [-0.15, -0.1) is 0 Å². The van der Waals surface area contributed by atoms with Crippen molar-refractivity contribution in [3.05, 3.63) is 6.42 Å². The maximum atomic E-state index is 9.28. The molecule has 1 fully saturated rings. The van der Waals surface area contributed by atoms with Gasteiger partial charge in [0.2, 0.25) is 0 Å². The maximum absolute atomic E-state index is 9.28. The van der Waals surface area contributed by atoms with E-state index in [1.165, 1.54) is 6.42 Å². The number of aliphatic hydroxyl groups excluding tert-OH is 1. The quantitative estimate of drug-likeness (QED) is 0.597. The topological polar surface area (TPSA) is 20.2 Å². The van der Waals surface area contributed by atoms with Gasteiger partial charge in [0, 0.05) is 0 Å². The summed E-state index contributed by atoms with van der Waals surface area (Å²) >= 11 is 0. The van der Waals surface area contributed by atoms with Crippen molar-refractivity contribution in [3.63, 3.8) is 0 Å². The summed E-state index contributed by atoms with van der Waals surface area (Å²) in [6, 6.07) is 0. The smallest absolute Gasteiger partial charge is 0.0602 e. The predicted molar refractivity (Wildman–Crippen MR) is 37.9 cm³/mol. The number of hydrogen-bond acceptors (Lipinski definition) is 1. The monoisotopic (exact) mass is 127 g/mol. The van der Waals surface area contributed by atoms with Gasteiger partial charge in [0.25, 0.3) is 0 Å². The Morgan fingerprint density at radius 2 is 2.11 bits per heavy atom. The minimum Gasteiger partial charge on any atom is -0.393 e. The molecule has 1 N–H and O–H groups in total. The van der Waals surface area contributed by atoms with Gasteiger partial charge in [0.15, 0.2) is 0 Å². The minimum atomic E-state index is -0.167. The third-order valence-corrected chi connectivity index (χ3v) is 2.34. The van der Waals surface area contributed by atoms with Crippen LogP contribution in [0.1, 0.15) is 27.2 Å². The first-order valence-corrected chi connectivity index (χ1v) is 3.55. The van der Waals surface area contributed by atoms with Crippen LogP contribution in [0.4, 0.5) is 0 Å². The first kappa shape index (κ1) is 7.07. The summed E-state index contributed by atoms with van der Waals surface area (Å²) in [5.74, 6) is 0.530. The molecule has 1 saturated carbocycles. The van der Waals surface area contributed by atoms with Crippen molar-refractivity contribution in [1.82, 2.24) is 0 Å². The molecule has 53 valence electrons. The fourth-order valence-electron chi connectivity index (χ4n) is 1.32. The average Bonchev–Trinajstić information content (AvgIpc) is 2.38. The van der Waals surface area contributed by atoms with E-state index < -0.39 is 0 Å². The lowest BCUT2D eigenvalue weighted by Gasteiger charge is -2.07. The van der Waals surface area contributed by atoms with Gasteiger partial charge in [-0.25, -0.2) is 0 Å². The van der Waals surface area contributed by atoms with Gasteiger partial charge in [-0.2, -0.15) is 0 Å². The summed E-state index contributed by atoms with van der Waals surface area (Å²) in [6.07, 6.45) is 2.89. The highest BCUT2D eigenvalue weighted by atomic mass is 16.3. The van der Waals surface area contributed by atoms with Crippen LogP contribution in [0.5, 0.6) is 0 Å². The molecule has 0 heterocycles. The second-order valence-electron chi connectivity index (χ2n) is 3.62. The molecule has 1 aliphatic carbocycles. The number of hydrogen-bond donors (Lipinski definition) is 1. The lowest BCUT2D eigenvalue weighted by atomic mass is 10.0. The zero-order valence-corrected chi connectivity index (χ0v) is 6.39. The van der Waals surface area contributed by atoms with E-state index in [4.69, 9.17) is 0 Å². The fraction of sp³-hybridized carbons (Fsp3) is 0.875. The van der Waals surface area contributed by atoms with Crippen LogP contribution in [0, 0.1) is 17.8 Å². The SMILES string of the molecule is C[CH]C(O)C1CC1(C)C. The van der Waals surface area contributed by atoms with Crippen LogP contribution in [0.25, 0.3) is 0 Å². The van der Waals surface area contributed by atoms with Crippen LogP contribution >= 0.6 is 0 Å². The third kappa shape index (κ3) is 1.26. The van der Waals surface area contributed by atoms with Gasteiger partial charge < -0.3 is 5.11 Å². The lowest BCUT2D eigenvalue weighted by Crippen LogP contribution is -2.11. The molecule has 0 aliphatic heterocycles. The Morgan fingerprint density at radius 1 is 1.67 bits per heavy atom. The van der Waals surface area contributed by atoms with Crippen molar-refractivity contribution in [2.75, 3.05) is 0 Å². The predicted octanol–water partition coefficient (Wildman–Crippen LogP) is 1.62. The fourth-order valence-corrected chi connectivity index (χ4v) is 1.32. The van der Waals surface area contributed by atoms with E-state index in [0.29, 0.717) is 11.3 Å². The number of aliphatic hydroxyl groups is 1. The van der Waals surface area contributed by atoms with Crippen LogP contribution in [0.2, 0.25) is 0 Å². The summed E-state index contributed by atoms with van der Waals surface area (Å²) in [4.78, 5) is 0. The van der Waals surface area contributed by atoms with Crippen LogP contribution < -0.4 is 0 Å². The Balaban J connectivity index is 2.33. The molecule has 1 radical (unpaired) electrons. The van der Waals surface area contributed by atoms with Crippen LogP contribution in [-0.2, 0) is 0 Å². The van der Waals surface area contributed by atoms with Crippen molar-refractivity contribution in [2.45, 2.75) is 33.3 Å². The first-order chi connectivity index (χ1) is 4.08. The highest BCUT2D eigenvalue weighted by Crippen LogP contribution is 2.53. The summed E-state index contributed by atoms with van der Waals surface area (Å²) in [6.45, 7) is 6.31. The van der Waals surface area contributed by atoms with E-state index in [9.17, 15) is 5.11 Å². The highest BCUT2D eigenvalue weighted by molar-refractivity contribution is 5.01. The van der Waals surface area contributed by atoms with Crippen LogP contribution in [-0.4, -0.2) is 11.2 Å². The molecule has 0 aromatic carbocycles. The molecule has 1 heteroatoms. The van der Waals surface area contributed by atoms with Gasteiger partial charge in [0.05, 0.1) is 6.10 Å². The molecule has 2 atom stereocenters. The zero-order valence-electron chi connectivity index (χ0n) is 6.39. The summed E-state index contributed by atoms with van der Waals surface area (Å²) < 4.78 is 0. The van der Waals surface area contributed by atoms with Crippen molar-refractivity contribution in [1.29, 1.82) is 0 Å². The Morgan fingerprint density at radius 3 is 2.22 bits per heavy atom. The molecule has 1 aliphatic rings. The molecular formula is C8H15O. The Labute approximate surface area is 57.1 Å². The van der Waals surface area contributed by atoms with Crippen LogP contribution in [0.15, 0.2) is 0 Å². The molecule has 0 aromatic rings. The summed E-state index contributed by atoms with van der Waals surface area (Å²) in [5, 5.41) is 9.28. The highest BCUT2D eigenvalue weighted by Gasteiger charge is 2.48. The average molecular weight is 127 g/mol. The maximum Gasteiger partial charge on any atom is 0.0602 e. The van der Waals surface area contributed by atoms with Gasteiger partial charge in [-0.05, 0) is 24.2 Å². The molecule has 1 rings (SSSR count). The minimum absolute atomic E-state index is 0.167. The van der Waals surface area contributed by atoms with Gasteiger partial charge in [-0.1, -0.05) is 20.8 Å². The molecule has 9 heavy (non-hydrogen) atoms. The Kier molecular flexibility index (Phi) is 1.55. The Hall–Kier alpha value is -0.0400. The molecule has 1 nitrogen and oxygen atoms in total. The second kappa shape index (κ2) is 1.98. The standard InChI is InChI=1S/C8H15O/c1-4-7(9)6-5-8(6,2)3/h4,6-7,9H,5H2,1-3H3. The third-order valence-electron chi connectivity index (χ3n) is 2.34. The van der Waals surface area contributed by atoms with Crippen molar-refractivity contribution >= 4 is 0 Å². The molecule has 2 unspecified atom stereocenters. The molecule has 0 aromatic heterocycles. The van der Waals surface area contributed by atoms with Crippen molar-refractivity contribution < 1.29 is 5.11 Å².